The highest BCUT2D eigenvalue weighted by Gasteiger charge is 2.23. The van der Waals surface area contributed by atoms with Crippen LogP contribution in [0.5, 0.6) is 0 Å². The maximum absolute atomic E-state index is 12.2. The molecular formula is C16H24N2O6S. The quantitative estimate of drug-likeness (QED) is 0.625. The Morgan fingerprint density at radius 3 is 2.20 bits per heavy atom. The summed E-state index contributed by atoms with van der Waals surface area (Å²) in [5, 5.41) is 11.5. The normalized spacial score (nSPS) is 13.3. The van der Waals surface area contributed by atoms with Crippen LogP contribution < -0.4 is 10.0 Å². The van der Waals surface area contributed by atoms with Crippen molar-refractivity contribution in [3.8, 4) is 0 Å². The maximum Gasteiger partial charge on any atom is 0.326 e. The fourth-order valence-electron chi connectivity index (χ4n) is 1.98. The van der Waals surface area contributed by atoms with E-state index in [4.69, 9.17) is 9.84 Å². The minimum absolute atomic E-state index is 0.0214. The van der Waals surface area contributed by atoms with Crippen molar-refractivity contribution < 1.29 is 27.9 Å². The number of carboxylic acid groups (broad SMARTS) is 1. The Morgan fingerprint density at radius 1 is 1.20 bits per heavy atom. The van der Waals surface area contributed by atoms with Crippen molar-refractivity contribution in [3.63, 3.8) is 0 Å². The number of hydrogen-bond donors (Lipinski definition) is 3. The van der Waals surface area contributed by atoms with E-state index in [1.165, 1.54) is 31.4 Å². The molecule has 0 aliphatic carbocycles. The van der Waals surface area contributed by atoms with Gasteiger partial charge in [0.1, 0.15) is 6.04 Å². The van der Waals surface area contributed by atoms with Gasteiger partial charge < -0.3 is 15.2 Å². The Labute approximate surface area is 147 Å². The van der Waals surface area contributed by atoms with Crippen LogP contribution in [0.15, 0.2) is 29.2 Å². The first-order valence-electron chi connectivity index (χ1n) is 7.63. The Bertz CT molecular complexity index is 707. The number of methoxy groups -OCH3 is 1. The van der Waals surface area contributed by atoms with E-state index in [1.807, 2.05) is 0 Å². The van der Waals surface area contributed by atoms with Gasteiger partial charge in [-0.2, -0.15) is 0 Å². The first-order valence-corrected chi connectivity index (χ1v) is 9.11. The predicted molar refractivity (Wildman–Crippen MR) is 91.9 cm³/mol. The first kappa shape index (κ1) is 21.1. The fourth-order valence-corrected chi connectivity index (χ4v) is 3.40. The largest absolute Gasteiger partial charge is 0.480 e. The van der Waals surface area contributed by atoms with Crippen molar-refractivity contribution >= 4 is 21.9 Å². The van der Waals surface area contributed by atoms with Crippen molar-refractivity contribution in [1.82, 2.24) is 10.0 Å². The van der Waals surface area contributed by atoms with Crippen LogP contribution in [0.4, 0.5) is 0 Å². The lowest BCUT2D eigenvalue weighted by molar-refractivity contribution is -0.139. The van der Waals surface area contributed by atoms with E-state index < -0.39 is 33.5 Å². The van der Waals surface area contributed by atoms with E-state index in [1.54, 1.807) is 20.8 Å². The van der Waals surface area contributed by atoms with Crippen molar-refractivity contribution in [2.45, 2.75) is 43.7 Å². The number of benzene rings is 1. The van der Waals surface area contributed by atoms with Gasteiger partial charge in [0.15, 0.2) is 0 Å². The van der Waals surface area contributed by atoms with Crippen LogP contribution in [0.3, 0.4) is 0 Å². The van der Waals surface area contributed by atoms with Gasteiger partial charge in [0.25, 0.3) is 5.91 Å². The molecule has 0 radical (unpaired) electrons. The molecule has 1 rings (SSSR count). The van der Waals surface area contributed by atoms with Crippen LogP contribution in [-0.2, 0) is 19.6 Å². The van der Waals surface area contributed by atoms with Gasteiger partial charge >= 0.3 is 5.97 Å². The van der Waals surface area contributed by atoms with Crippen molar-refractivity contribution in [2.75, 3.05) is 13.7 Å². The molecule has 8 nitrogen and oxygen atoms in total. The average Bonchev–Trinajstić information content (AvgIpc) is 2.48. The van der Waals surface area contributed by atoms with Crippen LogP contribution in [0.25, 0.3) is 0 Å². The summed E-state index contributed by atoms with van der Waals surface area (Å²) in [6, 6.07) is 4.18. The zero-order valence-corrected chi connectivity index (χ0v) is 15.5. The Balaban J connectivity index is 2.88. The molecule has 3 N–H and O–H groups in total. The van der Waals surface area contributed by atoms with Gasteiger partial charge in [0.2, 0.25) is 10.0 Å². The van der Waals surface area contributed by atoms with Gasteiger partial charge in [-0.15, -0.1) is 0 Å². The SMILES string of the molecule is COCCC(NC(=O)c1ccc(S(=O)(=O)NC(C)(C)C)cc1)C(=O)O. The summed E-state index contributed by atoms with van der Waals surface area (Å²) in [6.45, 7) is 5.35. The van der Waals surface area contributed by atoms with Gasteiger partial charge in [-0.05, 0) is 45.0 Å². The van der Waals surface area contributed by atoms with Crippen LogP contribution in [-0.4, -0.2) is 50.7 Å². The predicted octanol–water partition coefficient (Wildman–Crippen LogP) is 0.983. The number of nitrogens with one attached hydrogen (secondary N) is 2. The van der Waals surface area contributed by atoms with Crippen LogP contribution >= 0.6 is 0 Å². The Hall–Kier alpha value is -1.97. The van der Waals surface area contributed by atoms with Crippen molar-refractivity contribution in [3.05, 3.63) is 29.8 Å². The monoisotopic (exact) mass is 372 g/mol. The number of sulfonamides is 1. The zero-order chi connectivity index (χ0) is 19.3. The summed E-state index contributed by atoms with van der Waals surface area (Å²) in [4.78, 5) is 23.3. The summed E-state index contributed by atoms with van der Waals surface area (Å²) >= 11 is 0. The molecule has 0 aliphatic heterocycles. The van der Waals surface area contributed by atoms with E-state index in [-0.39, 0.29) is 23.5 Å². The highest BCUT2D eigenvalue weighted by molar-refractivity contribution is 7.89. The van der Waals surface area contributed by atoms with E-state index in [2.05, 4.69) is 10.0 Å². The molecule has 0 aromatic heterocycles. The molecule has 0 fully saturated rings. The standard InChI is InChI=1S/C16H24N2O6S/c1-16(2,3)18-25(22,23)12-7-5-11(6-8-12)14(19)17-13(15(20)21)9-10-24-4/h5-8,13,18H,9-10H2,1-4H3,(H,17,19)(H,20,21). The van der Waals surface area contributed by atoms with Crippen LogP contribution in [0, 0.1) is 0 Å². The highest BCUT2D eigenvalue weighted by Crippen LogP contribution is 2.14. The maximum atomic E-state index is 12.2. The second-order valence-corrected chi connectivity index (χ2v) is 8.21. The van der Waals surface area contributed by atoms with E-state index in [9.17, 15) is 18.0 Å². The molecule has 0 bridgehead atoms. The molecule has 140 valence electrons. The number of rotatable bonds is 8. The van der Waals surface area contributed by atoms with E-state index >= 15 is 0 Å². The number of carbonyl (C=O) groups excluding carboxylic acids is 1. The zero-order valence-electron chi connectivity index (χ0n) is 14.7. The van der Waals surface area contributed by atoms with Gasteiger partial charge in [-0.25, -0.2) is 17.9 Å². The molecule has 25 heavy (non-hydrogen) atoms. The second kappa shape index (κ2) is 8.41. The van der Waals surface area contributed by atoms with Crippen molar-refractivity contribution in [2.24, 2.45) is 0 Å². The molecule has 0 saturated carbocycles. The Kier molecular flexibility index (Phi) is 7.09. The van der Waals surface area contributed by atoms with Crippen LogP contribution in [0.2, 0.25) is 0 Å². The third-order valence-electron chi connectivity index (χ3n) is 3.08. The number of aliphatic carboxylic acids is 1. The minimum Gasteiger partial charge on any atom is -0.480 e. The van der Waals surface area contributed by atoms with Gasteiger partial charge in [-0.3, -0.25) is 4.79 Å². The molecule has 0 spiro atoms. The number of amides is 1. The molecule has 9 heteroatoms. The van der Waals surface area contributed by atoms with E-state index in [0.717, 1.165) is 0 Å². The summed E-state index contributed by atoms with van der Waals surface area (Å²) < 4.78 is 31.7. The molecule has 1 aromatic carbocycles. The fraction of sp³-hybridized carbons (Fsp3) is 0.500. The number of carboxylic acids is 1. The molecule has 1 unspecified atom stereocenters. The lowest BCUT2D eigenvalue weighted by Gasteiger charge is -2.20. The molecule has 0 aliphatic rings. The molecule has 1 atom stereocenters. The number of hydrogen-bond acceptors (Lipinski definition) is 5. The minimum atomic E-state index is -3.70. The summed E-state index contributed by atoms with van der Waals surface area (Å²) in [6.07, 6.45) is 0.125. The molecule has 0 heterocycles. The van der Waals surface area contributed by atoms with Gasteiger partial charge in [0, 0.05) is 31.2 Å². The summed E-state index contributed by atoms with van der Waals surface area (Å²) in [5.74, 6) is -1.77. The lowest BCUT2D eigenvalue weighted by atomic mass is 10.1. The summed E-state index contributed by atoms with van der Waals surface area (Å²) in [7, 11) is -2.27. The van der Waals surface area contributed by atoms with Gasteiger partial charge in [-0.1, -0.05) is 0 Å². The second-order valence-electron chi connectivity index (χ2n) is 6.53. The summed E-state index contributed by atoms with van der Waals surface area (Å²) in [5.41, 5.74) is -0.469. The molecule has 1 aromatic rings. The smallest absolute Gasteiger partial charge is 0.326 e. The molecular weight excluding hydrogens is 348 g/mol. The number of ether oxygens (including phenoxy) is 1. The molecule has 0 saturated heterocycles. The van der Waals surface area contributed by atoms with Crippen molar-refractivity contribution in [1.29, 1.82) is 0 Å². The topological polar surface area (TPSA) is 122 Å². The first-order chi connectivity index (χ1) is 11.5. The third kappa shape index (κ3) is 6.81. The highest BCUT2D eigenvalue weighted by atomic mass is 32.2. The lowest BCUT2D eigenvalue weighted by Crippen LogP contribution is -2.41. The van der Waals surface area contributed by atoms with E-state index in [0.29, 0.717) is 0 Å². The number of carbonyl (C=O) groups is 2. The van der Waals surface area contributed by atoms with Gasteiger partial charge in [0.05, 0.1) is 4.90 Å². The average molecular weight is 372 g/mol. The Morgan fingerprint density at radius 2 is 1.76 bits per heavy atom. The molecule has 1 amide bonds. The van der Waals surface area contributed by atoms with Crippen LogP contribution in [0.1, 0.15) is 37.6 Å². The third-order valence-corrected chi connectivity index (χ3v) is 4.86.